The molecule has 3 heteroatoms. The molecule has 1 heterocycles. The molecule has 0 amide bonds. The van der Waals surface area contributed by atoms with Crippen LogP contribution in [0.25, 0.3) is 11.0 Å². The van der Waals surface area contributed by atoms with Gasteiger partial charge in [0.1, 0.15) is 11.3 Å². The van der Waals surface area contributed by atoms with Gasteiger partial charge in [-0.15, -0.1) is 0 Å². The minimum atomic E-state index is 0.517. The number of hydrogen-bond donors (Lipinski definition) is 1. The summed E-state index contributed by atoms with van der Waals surface area (Å²) in [7, 11) is 1.99. The van der Waals surface area contributed by atoms with Gasteiger partial charge in [-0.2, -0.15) is 0 Å². The SMILES string of the molecule is CNCc1c(CN(CC(C)C)C(C)C)oc2ccccc12. The van der Waals surface area contributed by atoms with Gasteiger partial charge in [0.25, 0.3) is 0 Å². The average Bonchev–Trinajstić information content (AvgIpc) is 2.76. The van der Waals surface area contributed by atoms with Crippen molar-refractivity contribution in [2.75, 3.05) is 13.6 Å². The van der Waals surface area contributed by atoms with E-state index in [4.69, 9.17) is 4.42 Å². The van der Waals surface area contributed by atoms with Gasteiger partial charge in [-0.25, -0.2) is 0 Å². The number of fused-ring (bicyclic) bond motifs is 1. The Balaban J connectivity index is 2.33. The summed E-state index contributed by atoms with van der Waals surface area (Å²) in [4.78, 5) is 2.49. The number of nitrogens with zero attached hydrogens (tertiary/aromatic N) is 1. The van der Waals surface area contributed by atoms with Gasteiger partial charge >= 0.3 is 0 Å². The van der Waals surface area contributed by atoms with E-state index in [1.807, 2.05) is 13.1 Å². The molecule has 1 N–H and O–H groups in total. The third-order valence-corrected chi connectivity index (χ3v) is 3.81. The van der Waals surface area contributed by atoms with Gasteiger partial charge in [0.2, 0.25) is 0 Å². The maximum Gasteiger partial charge on any atom is 0.134 e. The molecule has 2 rings (SSSR count). The van der Waals surface area contributed by atoms with Gasteiger partial charge in [0.15, 0.2) is 0 Å². The fourth-order valence-corrected chi connectivity index (χ4v) is 2.76. The molecule has 0 unspecified atom stereocenters. The van der Waals surface area contributed by atoms with Crippen molar-refractivity contribution in [3.63, 3.8) is 0 Å². The summed E-state index contributed by atoms with van der Waals surface area (Å²) in [5, 5.41) is 4.50. The van der Waals surface area contributed by atoms with Crippen molar-refractivity contribution in [1.82, 2.24) is 10.2 Å². The molecule has 0 aliphatic carbocycles. The van der Waals surface area contributed by atoms with Crippen LogP contribution < -0.4 is 5.32 Å². The van der Waals surface area contributed by atoms with Crippen molar-refractivity contribution in [1.29, 1.82) is 0 Å². The Labute approximate surface area is 128 Å². The van der Waals surface area contributed by atoms with Gasteiger partial charge in [0, 0.05) is 30.1 Å². The van der Waals surface area contributed by atoms with Crippen LogP contribution in [0, 0.1) is 5.92 Å². The first kappa shape index (κ1) is 16.1. The van der Waals surface area contributed by atoms with Crippen molar-refractivity contribution >= 4 is 11.0 Å². The fraction of sp³-hybridized carbons (Fsp3) is 0.556. The van der Waals surface area contributed by atoms with Crippen LogP contribution in [0.2, 0.25) is 0 Å². The first-order valence-corrected chi connectivity index (χ1v) is 7.90. The van der Waals surface area contributed by atoms with Gasteiger partial charge in [-0.1, -0.05) is 32.0 Å². The third-order valence-electron chi connectivity index (χ3n) is 3.81. The van der Waals surface area contributed by atoms with Crippen molar-refractivity contribution < 1.29 is 4.42 Å². The van der Waals surface area contributed by atoms with Crippen LogP contribution in [0.3, 0.4) is 0 Å². The summed E-state index contributed by atoms with van der Waals surface area (Å²) in [6.45, 7) is 11.9. The zero-order chi connectivity index (χ0) is 15.4. The predicted molar refractivity (Wildman–Crippen MR) is 89.4 cm³/mol. The van der Waals surface area contributed by atoms with Crippen LogP contribution in [-0.2, 0) is 13.1 Å². The fourth-order valence-electron chi connectivity index (χ4n) is 2.76. The zero-order valence-electron chi connectivity index (χ0n) is 13.9. The first-order valence-electron chi connectivity index (χ1n) is 7.90. The van der Waals surface area contributed by atoms with Crippen molar-refractivity contribution in [2.45, 2.75) is 46.8 Å². The Kier molecular flexibility index (Phi) is 5.43. The molecule has 0 bridgehead atoms. The Morgan fingerprint density at radius 1 is 1.14 bits per heavy atom. The lowest BCUT2D eigenvalue weighted by Crippen LogP contribution is -2.33. The molecule has 116 valence electrons. The first-order chi connectivity index (χ1) is 10.0. The van der Waals surface area contributed by atoms with E-state index in [1.54, 1.807) is 0 Å². The molecule has 0 atom stereocenters. The molecule has 3 nitrogen and oxygen atoms in total. The van der Waals surface area contributed by atoms with E-state index >= 15 is 0 Å². The van der Waals surface area contributed by atoms with Gasteiger partial charge in [-0.05, 0) is 32.9 Å². The number of nitrogens with one attached hydrogen (secondary N) is 1. The Bertz CT molecular complexity index is 572. The van der Waals surface area contributed by atoms with Crippen LogP contribution in [0.4, 0.5) is 0 Å². The number of hydrogen-bond acceptors (Lipinski definition) is 3. The van der Waals surface area contributed by atoms with E-state index in [9.17, 15) is 0 Å². The normalized spacial score (nSPS) is 12.2. The van der Waals surface area contributed by atoms with Gasteiger partial charge in [0.05, 0.1) is 6.54 Å². The van der Waals surface area contributed by atoms with Crippen LogP contribution in [0.5, 0.6) is 0 Å². The summed E-state index contributed by atoms with van der Waals surface area (Å²) >= 11 is 0. The maximum absolute atomic E-state index is 6.13. The number of furan rings is 1. The second-order valence-electron chi connectivity index (χ2n) is 6.45. The summed E-state index contributed by atoms with van der Waals surface area (Å²) in [6, 6.07) is 8.84. The number of para-hydroxylation sites is 1. The highest BCUT2D eigenvalue weighted by molar-refractivity contribution is 5.82. The highest BCUT2D eigenvalue weighted by atomic mass is 16.3. The van der Waals surface area contributed by atoms with Gasteiger partial charge in [-0.3, -0.25) is 4.90 Å². The van der Waals surface area contributed by atoms with Crippen LogP contribution >= 0.6 is 0 Å². The molecule has 0 saturated carbocycles. The summed E-state index contributed by atoms with van der Waals surface area (Å²) < 4.78 is 6.13. The largest absolute Gasteiger partial charge is 0.459 e. The van der Waals surface area contributed by atoms with E-state index in [0.29, 0.717) is 12.0 Å². The topological polar surface area (TPSA) is 28.4 Å². The molecular formula is C18H28N2O. The molecule has 1 aromatic heterocycles. The predicted octanol–water partition coefficient (Wildman–Crippen LogP) is 4.02. The lowest BCUT2D eigenvalue weighted by Gasteiger charge is -2.27. The van der Waals surface area contributed by atoms with E-state index < -0.39 is 0 Å². The van der Waals surface area contributed by atoms with Crippen molar-refractivity contribution in [3.05, 3.63) is 35.6 Å². The highest BCUT2D eigenvalue weighted by Crippen LogP contribution is 2.27. The number of benzene rings is 1. The van der Waals surface area contributed by atoms with Crippen LogP contribution in [-0.4, -0.2) is 24.5 Å². The van der Waals surface area contributed by atoms with Crippen molar-refractivity contribution in [2.24, 2.45) is 5.92 Å². The van der Waals surface area contributed by atoms with Crippen LogP contribution in [0.15, 0.2) is 28.7 Å². The molecule has 0 aliphatic rings. The quantitative estimate of drug-likeness (QED) is 0.834. The third kappa shape index (κ3) is 3.86. The molecular weight excluding hydrogens is 260 g/mol. The smallest absolute Gasteiger partial charge is 0.134 e. The van der Waals surface area contributed by atoms with Gasteiger partial charge < -0.3 is 9.73 Å². The molecule has 0 saturated heterocycles. The van der Waals surface area contributed by atoms with E-state index in [-0.39, 0.29) is 0 Å². The second-order valence-corrected chi connectivity index (χ2v) is 6.45. The molecule has 0 aliphatic heterocycles. The van der Waals surface area contributed by atoms with E-state index in [0.717, 1.165) is 31.0 Å². The maximum atomic E-state index is 6.13. The Morgan fingerprint density at radius 3 is 2.48 bits per heavy atom. The molecule has 2 aromatic rings. The van der Waals surface area contributed by atoms with Crippen molar-refractivity contribution in [3.8, 4) is 0 Å². The standard InChI is InChI=1S/C18H28N2O/c1-13(2)11-20(14(3)4)12-18-16(10-19-5)15-8-6-7-9-17(15)21-18/h6-9,13-14,19H,10-12H2,1-5H3. The highest BCUT2D eigenvalue weighted by Gasteiger charge is 2.18. The molecule has 0 radical (unpaired) electrons. The minimum Gasteiger partial charge on any atom is -0.459 e. The number of rotatable bonds is 7. The van der Waals surface area contributed by atoms with E-state index in [1.165, 1.54) is 10.9 Å². The molecule has 21 heavy (non-hydrogen) atoms. The lowest BCUT2D eigenvalue weighted by molar-refractivity contribution is 0.176. The monoisotopic (exact) mass is 288 g/mol. The molecule has 0 spiro atoms. The summed E-state index contributed by atoms with van der Waals surface area (Å²) in [6.07, 6.45) is 0. The summed E-state index contributed by atoms with van der Waals surface area (Å²) in [5.41, 5.74) is 2.29. The van der Waals surface area contributed by atoms with E-state index in [2.05, 4.69) is 56.1 Å². The summed E-state index contributed by atoms with van der Waals surface area (Å²) in [5.74, 6) is 1.75. The minimum absolute atomic E-state index is 0.517. The average molecular weight is 288 g/mol. The Hall–Kier alpha value is -1.32. The second kappa shape index (κ2) is 7.10. The van der Waals surface area contributed by atoms with Crippen LogP contribution in [0.1, 0.15) is 39.0 Å². The Morgan fingerprint density at radius 2 is 1.86 bits per heavy atom. The lowest BCUT2D eigenvalue weighted by atomic mass is 10.1. The molecule has 1 aromatic carbocycles. The molecule has 0 fully saturated rings. The zero-order valence-corrected chi connectivity index (χ0v) is 13.9.